The lowest BCUT2D eigenvalue weighted by atomic mass is 11.2. The highest BCUT2D eigenvalue weighted by molar-refractivity contribution is 5.85. The van der Waals surface area contributed by atoms with E-state index in [2.05, 4.69) is 6.58 Å². The van der Waals surface area contributed by atoms with Gasteiger partial charge in [0, 0.05) is 0 Å². The molecular weight excluding hydrogens is 114 g/mol. The molecule has 0 N–H and O–H groups in total. The first-order valence-electron chi connectivity index (χ1n) is 0.626. The van der Waals surface area contributed by atoms with E-state index in [-0.39, 0.29) is 31.1 Å². The van der Waals surface area contributed by atoms with Crippen LogP contribution < -0.4 is 0 Å². The van der Waals surface area contributed by atoms with Gasteiger partial charge in [0.2, 0.25) is 0 Å². The molecule has 34 valence electrons. The molecule has 0 spiro atoms. The van der Waals surface area contributed by atoms with Crippen LogP contribution in [-0.4, -0.2) is 0 Å². The van der Waals surface area contributed by atoms with E-state index in [9.17, 15) is 4.39 Å². The van der Waals surface area contributed by atoms with Crippen LogP contribution in [0.3, 0.4) is 0 Å². The summed E-state index contributed by atoms with van der Waals surface area (Å²) < 4.78 is 10.1. The predicted octanol–water partition coefficient (Wildman–Crippen LogP) is 1.94. The Balaban J connectivity index is -0.0000000200. The summed E-state index contributed by atoms with van der Waals surface area (Å²) in [5, 5.41) is 0. The highest BCUT2D eigenvalue weighted by Gasteiger charge is 1.19. The van der Waals surface area contributed by atoms with Gasteiger partial charge in [-0.1, -0.05) is 6.58 Å². The largest absolute Gasteiger partial charge is 0.216 e. The Morgan fingerprint density at radius 1 is 1.40 bits per heavy atom. The molecule has 0 aliphatic carbocycles. The summed E-state index contributed by atoms with van der Waals surface area (Å²) in [6.07, 6.45) is 0.250. The van der Waals surface area contributed by atoms with Crippen LogP contribution in [0.5, 0.6) is 0 Å². The van der Waals surface area contributed by atoms with Crippen molar-refractivity contribution >= 4 is 24.8 Å². The van der Waals surface area contributed by atoms with Gasteiger partial charge in [-0.25, -0.2) is 4.39 Å². The van der Waals surface area contributed by atoms with Crippen LogP contribution >= 0.6 is 24.8 Å². The molecule has 0 atom stereocenters. The zero-order chi connectivity index (χ0) is 2.71. The minimum absolute atomic E-state index is 0. The molecule has 0 amide bonds. The summed E-state index contributed by atoms with van der Waals surface area (Å²) in [5.74, 6) is 0. The van der Waals surface area contributed by atoms with E-state index in [1.54, 1.807) is 0 Å². The predicted molar refractivity (Wildman–Crippen MR) is 25.8 cm³/mol. The first kappa shape index (κ1) is 18.7. The number of hydrogen-bond donors (Lipinski definition) is 0. The van der Waals surface area contributed by atoms with Gasteiger partial charge in [-0.3, -0.25) is 0 Å². The molecule has 0 radical (unpaired) electrons. The summed E-state index contributed by atoms with van der Waals surface area (Å²) in [6.45, 7) is 2.69. The molecule has 0 aliphatic heterocycles. The Labute approximate surface area is 42.9 Å². The lowest BCUT2D eigenvalue weighted by molar-refractivity contribution is 0.725. The molecule has 0 aromatic heterocycles. The number of rotatable bonds is 0. The van der Waals surface area contributed by atoms with Crippen LogP contribution in [-0.2, 0) is 0 Å². The van der Waals surface area contributed by atoms with Crippen molar-refractivity contribution in [2.24, 2.45) is 0 Å². The zero-order valence-corrected chi connectivity index (χ0v) is 4.11. The quantitative estimate of drug-likeness (QED) is 0.457. The molecule has 0 unspecified atom stereocenters. The van der Waals surface area contributed by atoms with Crippen LogP contribution in [0.15, 0.2) is 12.9 Å². The lowest BCUT2D eigenvalue weighted by Crippen LogP contribution is -0.990. The molecule has 0 rings (SSSR count). The first-order chi connectivity index (χ1) is 1.41. The summed E-state index contributed by atoms with van der Waals surface area (Å²) in [6, 6.07) is 0. The van der Waals surface area contributed by atoms with Gasteiger partial charge in [-0.2, -0.15) is 0 Å². The topological polar surface area (TPSA) is 0 Å². The van der Waals surface area contributed by atoms with E-state index in [1.165, 1.54) is 0 Å². The van der Waals surface area contributed by atoms with Gasteiger partial charge in [0.15, 0.2) is 0 Å². The Morgan fingerprint density at radius 3 is 1.40 bits per heavy atom. The minimum Gasteiger partial charge on any atom is -0.216 e. The average molecular weight is 119 g/mol. The van der Waals surface area contributed by atoms with E-state index >= 15 is 0 Å². The zero-order valence-electron chi connectivity index (χ0n) is 2.48. The van der Waals surface area contributed by atoms with Gasteiger partial charge in [0.05, 0.1) is 6.33 Å². The van der Waals surface area contributed by atoms with E-state index < -0.39 is 0 Å². The standard InChI is InChI=1S/C2H3F.2ClH/c1-2-3;;/h2H,1H2;2*1H. The van der Waals surface area contributed by atoms with Gasteiger partial charge in [-0.15, -0.1) is 24.8 Å². The molecule has 0 bridgehead atoms. The molecule has 0 aromatic rings. The number of hydrogen-bond acceptors (Lipinski definition) is 0. The summed E-state index contributed by atoms with van der Waals surface area (Å²) in [4.78, 5) is 0. The van der Waals surface area contributed by atoms with Crippen LogP contribution in [0.25, 0.3) is 0 Å². The van der Waals surface area contributed by atoms with Gasteiger partial charge in [0.25, 0.3) is 0 Å². The third-order valence-electron chi connectivity index (χ3n) is 0. The maximum absolute atomic E-state index is 10.1. The normalized spacial score (nSPS) is 2.60. The van der Waals surface area contributed by atoms with Gasteiger partial charge in [-0.05, 0) is 0 Å². The van der Waals surface area contributed by atoms with Crippen LogP contribution in [0.1, 0.15) is 0 Å². The Kier molecular flexibility index (Phi) is 108. The molecule has 0 nitrogen and oxygen atoms in total. The SMILES string of the molecule is C=CF.Cl.Cl. The second-order valence-corrected chi connectivity index (χ2v) is 0.154. The van der Waals surface area contributed by atoms with Crippen molar-refractivity contribution in [3.8, 4) is 0 Å². The van der Waals surface area contributed by atoms with Crippen molar-refractivity contribution in [2.45, 2.75) is 0 Å². The Bertz CT molecular complexity index is 15.1. The van der Waals surface area contributed by atoms with Crippen molar-refractivity contribution in [3.05, 3.63) is 12.9 Å². The van der Waals surface area contributed by atoms with E-state index in [0.29, 0.717) is 0 Å². The molecular formula is C2H5Cl2F. The smallest absolute Gasteiger partial charge is 0.0795 e. The van der Waals surface area contributed by atoms with Crippen molar-refractivity contribution in [1.82, 2.24) is 0 Å². The van der Waals surface area contributed by atoms with Crippen LogP contribution in [0.2, 0.25) is 0 Å². The van der Waals surface area contributed by atoms with Crippen molar-refractivity contribution in [3.63, 3.8) is 0 Å². The van der Waals surface area contributed by atoms with E-state index in [4.69, 9.17) is 0 Å². The number of halogens is 3. The third-order valence-corrected chi connectivity index (χ3v) is 0. The highest BCUT2D eigenvalue weighted by atomic mass is 35.5. The molecule has 0 heterocycles. The molecule has 0 fully saturated rings. The Morgan fingerprint density at radius 2 is 1.40 bits per heavy atom. The maximum Gasteiger partial charge on any atom is 0.0795 e. The summed E-state index contributed by atoms with van der Waals surface area (Å²) in [5.41, 5.74) is 0. The highest BCUT2D eigenvalue weighted by Crippen LogP contribution is 1.48. The van der Waals surface area contributed by atoms with Gasteiger partial charge in [0.1, 0.15) is 0 Å². The fraction of sp³-hybridized carbons (Fsp3) is 0. The fourth-order valence-corrected chi connectivity index (χ4v) is 0. The molecule has 0 aromatic carbocycles. The summed E-state index contributed by atoms with van der Waals surface area (Å²) >= 11 is 0. The fourth-order valence-electron chi connectivity index (χ4n) is 0. The van der Waals surface area contributed by atoms with Crippen molar-refractivity contribution in [2.75, 3.05) is 0 Å². The molecule has 0 saturated carbocycles. The first-order valence-corrected chi connectivity index (χ1v) is 0.626. The van der Waals surface area contributed by atoms with Crippen molar-refractivity contribution < 1.29 is 4.39 Å². The lowest BCUT2D eigenvalue weighted by Gasteiger charge is -1.28. The average Bonchev–Trinajstić information content (AvgIpc) is 0.918. The summed E-state index contributed by atoms with van der Waals surface area (Å²) in [7, 11) is 0. The van der Waals surface area contributed by atoms with Gasteiger partial charge >= 0.3 is 0 Å². The Hall–Kier alpha value is 0.250. The molecule has 0 saturated heterocycles. The second kappa shape index (κ2) is 28.7. The molecule has 3 heteroatoms. The minimum atomic E-state index is 0. The monoisotopic (exact) mass is 118 g/mol. The molecule has 0 aliphatic rings. The van der Waals surface area contributed by atoms with Crippen LogP contribution in [0.4, 0.5) is 4.39 Å². The second-order valence-electron chi connectivity index (χ2n) is 0.154. The van der Waals surface area contributed by atoms with Crippen molar-refractivity contribution in [1.29, 1.82) is 0 Å². The van der Waals surface area contributed by atoms with E-state index in [0.717, 1.165) is 0 Å². The van der Waals surface area contributed by atoms with E-state index in [1.807, 2.05) is 0 Å². The third kappa shape index (κ3) is 344. The molecule has 5 heavy (non-hydrogen) atoms. The maximum atomic E-state index is 10.1. The van der Waals surface area contributed by atoms with Gasteiger partial charge < -0.3 is 0 Å². The van der Waals surface area contributed by atoms with Crippen LogP contribution in [0, 0.1) is 0 Å².